The summed E-state index contributed by atoms with van der Waals surface area (Å²) < 4.78 is 0.890. The molecule has 0 saturated heterocycles. The molecule has 0 atom stereocenters. The Bertz CT molecular complexity index is 388. The van der Waals surface area contributed by atoms with Crippen molar-refractivity contribution in [2.24, 2.45) is 0 Å². The van der Waals surface area contributed by atoms with Crippen LogP contribution in [0.4, 0.5) is 0 Å². The standard InChI is InChI=1S/C14H19NOS2/c1-3-15(4-2)14(17)18-11-10-13(16)12-8-6-5-7-9-12/h5-9H,3-4,10-11H2,1-2H3. The van der Waals surface area contributed by atoms with Crippen LogP contribution in [0.5, 0.6) is 0 Å². The summed E-state index contributed by atoms with van der Waals surface area (Å²) in [6.07, 6.45) is 0.538. The summed E-state index contributed by atoms with van der Waals surface area (Å²) in [5, 5.41) is 0. The highest BCUT2D eigenvalue weighted by Gasteiger charge is 2.08. The molecule has 0 unspecified atom stereocenters. The van der Waals surface area contributed by atoms with Crippen LogP contribution in [0.3, 0.4) is 0 Å². The summed E-state index contributed by atoms with van der Waals surface area (Å²) in [4.78, 5) is 14.0. The van der Waals surface area contributed by atoms with E-state index in [4.69, 9.17) is 12.2 Å². The summed E-state index contributed by atoms with van der Waals surface area (Å²) in [5.74, 6) is 0.939. The van der Waals surface area contributed by atoms with E-state index in [0.29, 0.717) is 6.42 Å². The molecule has 0 saturated carbocycles. The van der Waals surface area contributed by atoms with Gasteiger partial charge in [0, 0.05) is 30.8 Å². The van der Waals surface area contributed by atoms with Crippen molar-refractivity contribution in [2.45, 2.75) is 20.3 Å². The fraction of sp³-hybridized carbons (Fsp3) is 0.429. The molecule has 0 spiro atoms. The minimum atomic E-state index is 0.186. The van der Waals surface area contributed by atoms with Crippen LogP contribution in [0, 0.1) is 0 Å². The maximum absolute atomic E-state index is 11.9. The van der Waals surface area contributed by atoms with Crippen LogP contribution in [-0.2, 0) is 0 Å². The van der Waals surface area contributed by atoms with Gasteiger partial charge in [0.15, 0.2) is 5.78 Å². The molecule has 18 heavy (non-hydrogen) atoms. The molecule has 0 radical (unpaired) electrons. The third-order valence-corrected chi connectivity index (χ3v) is 4.20. The molecular formula is C14H19NOS2. The smallest absolute Gasteiger partial charge is 0.163 e. The van der Waals surface area contributed by atoms with Crippen molar-refractivity contribution >= 4 is 34.1 Å². The average molecular weight is 281 g/mol. The second-order valence-corrected chi connectivity index (χ2v) is 5.55. The van der Waals surface area contributed by atoms with Gasteiger partial charge in [0.25, 0.3) is 0 Å². The number of hydrogen-bond acceptors (Lipinski definition) is 3. The molecule has 98 valence electrons. The van der Waals surface area contributed by atoms with Crippen LogP contribution >= 0.6 is 24.0 Å². The van der Waals surface area contributed by atoms with Gasteiger partial charge in [-0.15, -0.1) is 0 Å². The van der Waals surface area contributed by atoms with E-state index in [1.807, 2.05) is 30.3 Å². The van der Waals surface area contributed by atoms with E-state index in [9.17, 15) is 4.79 Å². The van der Waals surface area contributed by atoms with Crippen molar-refractivity contribution in [3.05, 3.63) is 35.9 Å². The van der Waals surface area contributed by atoms with E-state index in [1.54, 1.807) is 11.8 Å². The highest BCUT2D eigenvalue weighted by atomic mass is 32.2. The molecule has 0 amide bonds. The van der Waals surface area contributed by atoms with Gasteiger partial charge in [-0.3, -0.25) is 4.79 Å². The number of carbonyl (C=O) groups excluding carboxylic acids is 1. The van der Waals surface area contributed by atoms with E-state index >= 15 is 0 Å². The van der Waals surface area contributed by atoms with Crippen LogP contribution in [0.1, 0.15) is 30.6 Å². The van der Waals surface area contributed by atoms with Crippen LogP contribution in [-0.4, -0.2) is 33.8 Å². The van der Waals surface area contributed by atoms with Crippen molar-refractivity contribution in [3.8, 4) is 0 Å². The molecule has 0 bridgehead atoms. The van der Waals surface area contributed by atoms with E-state index in [1.165, 1.54) is 0 Å². The summed E-state index contributed by atoms with van der Waals surface area (Å²) in [6.45, 7) is 6.03. The molecule has 0 aliphatic heterocycles. The van der Waals surface area contributed by atoms with E-state index in [0.717, 1.165) is 28.7 Å². The number of ketones is 1. The number of benzene rings is 1. The Hall–Kier alpha value is -0.870. The number of rotatable bonds is 6. The van der Waals surface area contributed by atoms with E-state index in [-0.39, 0.29) is 5.78 Å². The lowest BCUT2D eigenvalue weighted by Crippen LogP contribution is -2.26. The zero-order chi connectivity index (χ0) is 13.4. The SMILES string of the molecule is CCN(CC)C(=S)SCCC(=O)c1ccccc1. The minimum Gasteiger partial charge on any atom is -0.358 e. The Morgan fingerprint density at radius 2 is 1.83 bits per heavy atom. The van der Waals surface area contributed by atoms with Gasteiger partial charge in [0.2, 0.25) is 0 Å². The van der Waals surface area contributed by atoms with Crippen LogP contribution in [0.2, 0.25) is 0 Å². The van der Waals surface area contributed by atoms with Gasteiger partial charge in [-0.25, -0.2) is 0 Å². The van der Waals surface area contributed by atoms with Gasteiger partial charge in [-0.1, -0.05) is 54.3 Å². The zero-order valence-electron chi connectivity index (χ0n) is 10.9. The Balaban J connectivity index is 2.34. The molecular weight excluding hydrogens is 262 g/mol. The quantitative estimate of drug-likeness (QED) is 0.586. The number of thioether (sulfide) groups is 1. The third-order valence-electron chi connectivity index (χ3n) is 2.67. The zero-order valence-corrected chi connectivity index (χ0v) is 12.5. The maximum Gasteiger partial charge on any atom is 0.163 e. The Labute approximate surface area is 119 Å². The van der Waals surface area contributed by atoms with Crippen molar-refractivity contribution < 1.29 is 4.79 Å². The first-order valence-electron chi connectivity index (χ1n) is 6.19. The first-order chi connectivity index (χ1) is 8.69. The highest BCUT2D eigenvalue weighted by Crippen LogP contribution is 2.13. The lowest BCUT2D eigenvalue weighted by Gasteiger charge is -2.20. The number of Topliss-reactive ketones (excluding diaryl/α,β-unsaturated/α-hetero) is 1. The van der Waals surface area contributed by atoms with Crippen molar-refractivity contribution in [2.75, 3.05) is 18.8 Å². The van der Waals surface area contributed by atoms with E-state index in [2.05, 4.69) is 18.7 Å². The lowest BCUT2D eigenvalue weighted by molar-refractivity contribution is 0.0989. The molecule has 2 nitrogen and oxygen atoms in total. The predicted molar refractivity (Wildman–Crippen MR) is 83.4 cm³/mol. The van der Waals surface area contributed by atoms with Gasteiger partial charge < -0.3 is 4.90 Å². The molecule has 0 aliphatic rings. The maximum atomic E-state index is 11.9. The third kappa shape index (κ3) is 4.78. The van der Waals surface area contributed by atoms with Gasteiger partial charge in [-0.2, -0.15) is 0 Å². The predicted octanol–water partition coefficient (Wildman–Crippen LogP) is 3.62. The number of carbonyl (C=O) groups is 1. The Kier molecular flexibility index (Phi) is 6.98. The molecule has 0 heterocycles. The lowest BCUT2D eigenvalue weighted by atomic mass is 10.1. The minimum absolute atomic E-state index is 0.186. The number of nitrogens with zero attached hydrogens (tertiary/aromatic N) is 1. The molecule has 1 rings (SSSR count). The topological polar surface area (TPSA) is 20.3 Å². The average Bonchev–Trinajstić information content (AvgIpc) is 2.41. The monoisotopic (exact) mass is 281 g/mol. The molecule has 0 N–H and O–H groups in total. The second kappa shape index (κ2) is 8.27. The van der Waals surface area contributed by atoms with E-state index < -0.39 is 0 Å². The van der Waals surface area contributed by atoms with Gasteiger partial charge in [-0.05, 0) is 13.8 Å². The fourth-order valence-electron chi connectivity index (χ4n) is 1.57. The van der Waals surface area contributed by atoms with Crippen LogP contribution in [0.25, 0.3) is 0 Å². The highest BCUT2D eigenvalue weighted by molar-refractivity contribution is 8.22. The first-order valence-corrected chi connectivity index (χ1v) is 7.58. The number of thiocarbonyl (C=S) groups is 1. The first kappa shape index (κ1) is 15.2. The number of hydrogen-bond donors (Lipinski definition) is 0. The Morgan fingerprint density at radius 3 is 2.39 bits per heavy atom. The van der Waals surface area contributed by atoms with Crippen molar-refractivity contribution in [3.63, 3.8) is 0 Å². The summed E-state index contributed by atoms with van der Waals surface area (Å²) in [6, 6.07) is 9.41. The molecule has 0 aromatic heterocycles. The second-order valence-electron chi connectivity index (χ2n) is 3.83. The molecule has 0 fully saturated rings. The molecule has 1 aromatic rings. The van der Waals surface area contributed by atoms with Crippen molar-refractivity contribution in [1.29, 1.82) is 0 Å². The normalized spacial score (nSPS) is 10.1. The summed E-state index contributed by atoms with van der Waals surface area (Å²) in [5.41, 5.74) is 0.784. The van der Waals surface area contributed by atoms with Gasteiger partial charge in [0.05, 0.1) is 0 Å². The summed E-state index contributed by atoms with van der Waals surface area (Å²) in [7, 11) is 0. The molecule has 0 aliphatic carbocycles. The van der Waals surface area contributed by atoms with Gasteiger partial charge in [0.1, 0.15) is 4.32 Å². The molecule has 1 aromatic carbocycles. The van der Waals surface area contributed by atoms with Gasteiger partial charge >= 0.3 is 0 Å². The molecule has 4 heteroatoms. The van der Waals surface area contributed by atoms with Crippen molar-refractivity contribution in [1.82, 2.24) is 4.90 Å². The largest absolute Gasteiger partial charge is 0.358 e. The van der Waals surface area contributed by atoms with Crippen LogP contribution in [0.15, 0.2) is 30.3 Å². The fourth-order valence-corrected chi connectivity index (χ4v) is 2.98. The van der Waals surface area contributed by atoms with Crippen LogP contribution < -0.4 is 0 Å². The summed E-state index contributed by atoms with van der Waals surface area (Å²) >= 11 is 6.91. The Morgan fingerprint density at radius 1 is 1.22 bits per heavy atom.